The standard InChI is InChI=1S/C14H22N2/c1-3-6-16-14(13-9-11(13)2)10-12-4-7-15-8-5-12/h4-5,7-8,11,13-14,16H,3,6,9-10H2,1-2H3. The van der Waals surface area contributed by atoms with Crippen molar-refractivity contribution in [2.75, 3.05) is 6.54 Å². The van der Waals surface area contributed by atoms with Crippen LogP contribution >= 0.6 is 0 Å². The molecule has 1 heterocycles. The van der Waals surface area contributed by atoms with E-state index in [1.54, 1.807) is 0 Å². The number of rotatable bonds is 6. The molecule has 1 fully saturated rings. The van der Waals surface area contributed by atoms with Crippen LogP contribution < -0.4 is 5.32 Å². The maximum Gasteiger partial charge on any atom is 0.0270 e. The summed E-state index contributed by atoms with van der Waals surface area (Å²) in [5.74, 6) is 1.80. The van der Waals surface area contributed by atoms with Gasteiger partial charge in [0.15, 0.2) is 0 Å². The van der Waals surface area contributed by atoms with E-state index >= 15 is 0 Å². The molecule has 88 valence electrons. The summed E-state index contributed by atoms with van der Waals surface area (Å²) in [5.41, 5.74) is 1.41. The Morgan fingerprint density at radius 3 is 2.69 bits per heavy atom. The van der Waals surface area contributed by atoms with Crippen molar-refractivity contribution < 1.29 is 0 Å². The Hall–Kier alpha value is -0.890. The van der Waals surface area contributed by atoms with Crippen molar-refractivity contribution in [2.45, 2.75) is 39.2 Å². The fourth-order valence-corrected chi connectivity index (χ4v) is 2.39. The summed E-state index contributed by atoms with van der Waals surface area (Å²) in [6.07, 6.45) is 7.54. The highest BCUT2D eigenvalue weighted by Gasteiger charge is 2.38. The summed E-state index contributed by atoms with van der Waals surface area (Å²) in [7, 11) is 0. The Morgan fingerprint density at radius 1 is 1.44 bits per heavy atom. The molecular formula is C14H22N2. The van der Waals surface area contributed by atoms with Crippen LogP contribution in [-0.2, 0) is 6.42 Å². The first-order valence-corrected chi connectivity index (χ1v) is 6.43. The van der Waals surface area contributed by atoms with Crippen molar-refractivity contribution in [3.63, 3.8) is 0 Å². The zero-order valence-electron chi connectivity index (χ0n) is 10.3. The van der Waals surface area contributed by atoms with Crippen LogP contribution in [0.15, 0.2) is 24.5 Å². The summed E-state index contributed by atoms with van der Waals surface area (Å²) < 4.78 is 0. The first-order chi connectivity index (χ1) is 7.81. The molecular weight excluding hydrogens is 196 g/mol. The molecule has 0 amide bonds. The highest BCUT2D eigenvalue weighted by atomic mass is 14.9. The van der Waals surface area contributed by atoms with Gasteiger partial charge in [-0.15, -0.1) is 0 Å². The van der Waals surface area contributed by atoms with Gasteiger partial charge in [-0.05, 0) is 55.3 Å². The molecule has 0 aromatic carbocycles. The summed E-state index contributed by atoms with van der Waals surface area (Å²) in [6.45, 7) is 5.73. The molecule has 1 aliphatic carbocycles. The van der Waals surface area contributed by atoms with E-state index in [1.165, 1.54) is 18.4 Å². The quantitative estimate of drug-likeness (QED) is 0.794. The SMILES string of the molecule is CCCNC(Cc1ccncc1)C1CC1C. The van der Waals surface area contributed by atoms with Gasteiger partial charge in [0.2, 0.25) is 0 Å². The number of nitrogens with zero attached hydrogens (tertiary/aromatic N) is 1. The molecule has 2 heteroatoms. The van der Waals surface area contributed by atoms with Gasteiger partial charge >= 0.3 is 0 Å². The van der Waals surface area contributed by atoms with Crippen molar-refractivity contribution in [1.82, 2.24) is 10.3 Å². The first kappa shape index (κ1) is 11.6. The zero-order valence-corrected chi connectivity index (χ0v) is 10.3. The lowest BCUT2D eigenvalue weighted by Crippen LogP contribution is -2.34. The fourth-order valence-electron chi connectivity index (χ4n) is 2.39. The molecule has 0 aliphatic heterocycles. The molecule has 16 heavy (non-hydrogen) atoms. The summed E-state index contributed by atoms with van der Waals surface area (Å²) in [5, 5.41) is 3.69. The third-order valence-corrected chi connectivity index (χ3v) is 3.55. The molecule has 3 unspecified atom stereocenters. The number of pyridine rings is 1. The maximum absolute atomic E-state index is 4.07. The van der Waals surface area contributed by atoms with Crippen LogP contribution in [0.3, 0.4) is 0 Å². The van der Waals surface area contributed by atoms with Gasteiger partial charge in [0.1, 0.15) is 0 Å². The van der Waals surface area contributed by atoms with Gasteiger partial charge in [0.25, 0.3) is 0 Å². The zero-order chi connectivity index (χ0) is 11.4. The first-order valence-electron chi connectivity index (χ1n) is 6.43. The Labute approximate surface area is 98.5 Å². The highest BCUT2D eigenvalue weighted by Crippen LogP contribution is 2.41. The van der Waals surface area contributed by atoms with E-state index in [-0.39, 0.29) is 0 Å². The Morgan fingerprint density at radius 2 is 2.12 bits per heavy atom. The minimum absolute atomic E-state index is 0.664. The highest BCUT2D eigenvalue weighted by molar-refractivity contribution is 5.13. The van der Waals surface area contributed by atoms with Gasteiger partial charge in [-0.3, -0.25) is 4.98 Å². The minimum Gasteiger partial charge on any atom is -0.313 e. The third kappa shape index (κ3) is 3.05. The topological polar surface area (TPSA) is 24.9 Å². The van der Waals surface area contributed by atoms with E-state index in [0.29, 0.717) is 6.04 Å². The molecule has 1 N–H and O–H groups in total. The van der Waals surface area contributed by atoms with Crippen molar-refractivity contribution in [3.05, 3.63) is 30.1 Å². The molecule has 1 aromatic heterocycles. The smallest absolute Gasteiger partial charge is 0.0270 e. The third-order valence-electron chi connectivity index (χ3n) is 3.55. The maximum atomic E-state index is 4.07. The van der Waals surface area contributed by atoms with Crippen LogP contribution in [0, 0.1) is 11.8 Å². The van der Waals surface area contributed by atoms with Gasteiger partial charge in [0.05, 0.1) is 0 Å². The number of aromatic nitrogens is 1. The lowest BCUT2D eigenvalue weighted by Gasteiger charge is -2.18. The molecule has 1 aliphatic rings. The van der Waals surface area contributed by atoms with E-state index < -0.39 is 0 Å². The second-order valence-corrected chi connectivity index (χ2v) is 5.00. The van der Waals surface area contributed by atoms with Crippen LogP contribution in [0.5, 0.6) is 0 Å². The summed E-state index contributed by atoms with van der Waals surface area (Å²) in [6, 6.07) is 4.93. The van der Waals surface area contributed by atoms with Crippen molar-refractivity contribution in [3.8, 4) is 0 Å². The van der Waals surface area contributed by atoms with Crippen LogP contribution in [0.25, 0.3) is 0 Å². The molecule has 2 nitrogen and oxygen atoms in total. The number of nitrogens with one attached hydrogen (secondary N) is 1. The molecule has 0 spiro atoms. The monoisotopic (exact) mass is 218 g/mol. The molecule has 1 aromatic rings. The van der Waals surface area contributed by atoms with Crippen LogP contribution in [-0.4, -0.2) is 17.6 Å². The van der Waals surface area contributed by atoms with E-state index in [4.69, 9.17) is 0 Å². The van der Waals surface area contributed by atoms with Crippen LogP contribution in [0.1, 0.15) is 32.3 Å². The number of hydrogen-bond acceptors (Lipinski definition) is 2. The predicted octanol–water partition coefficient (Wildman–Crippen LogP) is 2.65. The van der Waals surface area contributed by atoms with Gasteiger partial charge < -0.3 is 5.32 Å². The van der Waals surface area contributed by atoms with Crippen LogP contribution in [0.4, 0.5) is 0 Å². The molecule has 1 saturated carbocycles. The normalized spacial score (nSPS) is 25.4. The second kappa shape index (κ2) is 5.44. The predicted molar refractivity (Wildman–Crippen MR) is 67.3 cm³/mol. The lowest BCUT2D eigenvalue weighted by atomic mass is 10.0. The van der Waals surface area contributed by atoms with E-state index in [2.05, 4.69) is 36.3 Å². The van der Waals surface area contributed by atoms with E-state index in [1.807, 2.05) is 12.4 Å². The van der Waals surface area contributed by atoms with Gasteiger partial charge in [0, 0.05) is 18.4 Å². The number of hydrogen-bond donors (Lipinski definition) is 1. The minimum atomic E-state index is 0.664. The van der Waals surface area contributed by atoms with Gasteiger partial charge in [-0.1, -0.05) is 13.8 Å². The second-order valence-electron chi connectivity index (χ2n) is 5.00. The molecule has 0 radical (unpaired) electrons. The average Bonchev–Trinajstić information content (AvgIpc) is 3.03. The van der Waals surface area contributed by atoms with Gasteiger partial charge in [-0.2, -0.15) is 0 Å². The van der Waals surface area contributed by atoms with E-state index in [9.17, 15) is 0 Å². The average molecular weight is 218 g/mol. The Bertz CT molecular complexity index is 310. The van der Waals surface area contributed by atoms with Crippen molar-refractivity contribution >= 4 is 0 Å². The lowest BCUT2D eigenvalue weighted by molar-refractivity contribution is 0.443. The Kier molecular flexibility index (Phi) is 3.94. The van der Waals surface area contributed by atoms with Crippen molar-refractivity contribution in [2.24, 2.45) is 11.8 Å². The molecule has 2 rings (SSSR count). The molecule has 0 bridgehead atoms. The van der Waals surface area contributed by atoms with Gasteiger partial charge in [-0.25, -0.2) is 0 Å². The van der Waals surface area contributed by atoms with E-state index in [0.717, 1.165) is 24.8 Å². The van der Waals surface area contributed by atoms with Crippen molar-refractivity contribution in [1.29, 1.82) is 0 Å². The summed E-state index contributed by atoms with van der Waals surface area (Å²) in [4.78, 5) is 4.07. The molecule has 3 atom stereocenters. The molecule has 0 saturated heterocycles. The fraction of sp³-hybridized carbons (Fsp3) is 0.643. The Balaban J connectivity index is 1.91. The largest absolute Gasteiger partial charge is 0.313 e. The van der Waals surface area contributed by atoms with Crippen LogP contribution in [0.2, 0.25) is 0 Å². The summed E-state index contributed by atoms with van der Waals surface area (Å²) >= 11 is 0.